The molecule has 3 nitrogen and oxygen atoms in total. The predicted molar refractivity (Wildman–Crippen MR) is 76.4 cm³/mol. The molecule has 0 bridgehead atoms. The number of aromatic carboxylic acids is 1. The van der Waals surface area contributed by atoms with Gasteiger partial charge in [-0.3, -0.25) is 0 Å². The lowest BCUT2D eigenvalue weighted by molar-refractivity contribution is 0.0691. The number of carbonyl (C=O) groups is 1. The van der Waals surface area contributed by atoms with E-state index in [0.717, 1.165) is 12.8 Å². The highest BCUT2D eigenvalue weighted by Crippen LogP contribution is 2.12. The first-order chi connectivity index (χ1) is 9.65. The van der Waals surface area contributed by atoms with Gasteiger partial charge in [-0.25, -0.2) is 9.18 Å². The SMILES string of the molecule is CCCCCCCCOCc1ccc(C(=O)O)c(F)c1. The third-order valence-electron chi connectivity index (χ3n) is 3.17. The van der Waals surface area contributed by atoms with E-state index < -0.39 is 11.8 Å². The number of unbranched alkanes of at least 4 members (excludes halogenated alkanes) is 5. The summed E-state index contributed by atoms with van der Waals surface area (Å²) in [6.45, 7) is 3.18. The minimum Gasteiger partial charge on any atom is -0.478 e. The molecule has 112 valence electrons. The standard InChI is InChI=1S/C16H23FO3/c1-2-3-4-5-6-7-10-20-12-13-8-9-14(16(18)19)15(17)11-13/h8-9,11H,2-7,10,12H2,1H3,(H,18,19). The van der Waals surface area contributed by atoms with Crippen molar-refractivity contribution in [1.82, 2.24) is 0 Å². The smallest absolute Gasteiger partial charge is 0.338 e. The van der Waals surface area contributed by atoms with Crippen LogP contribution in [-0.2, 0) is 11.3 Å². The summed E-state index contributed by atoms with van der Waals surface area (Å²) in [7, 11) is 0. The van der Waals surface area contributed by atoms with Gasteiger partial charge in [-0.15, -0.1) is 0 Å². The first kappa shape index (κ1) is 16.6. The van der Waals surface area contributed by atoms with E-state index in [1.807, 2.05) is 0 Å². The quantitative estimate of drug-likeness (QED) is 0.647. The Bertz CT molecular complexity index is 418. The first-order valence-corrected chi connectivity index (χ1v) is 7.24. The van der Waals surface area contributed by atoms with Crippen LogP contribution in [0.5, 0.6) is 0 Å². The largest absolute Gasteiger partial charge is 0.478 e. The second kappa shape index (κ2) is 9.48. The van der Waals surface area contributed by atoms with Gasteiger partial charge in [-0.1, -0.05) is 45.1 Å². The Balaban J connectivity index is 2.19. The zero-order chi connectivity index (χ0) is 14.8. The van der Waals surface area contributed by atoms with Gasteiger partial charge in [-0.05, 0) is 24.1 Å². The maximum atomic E-state index is 13.4. The van der Waals surface area contributed by atoms with Crippen molar-refractivity contribution in [1.29, 1.82) is 0 Å². The maximum Gasteiger partial charge on any atom is 0.338 e. The average Bonchev–Trinajstić information content (AvgIpc) is 2.41. The van der Waals surface area contributed by atoms with Crippen molar-refractivity contribution in [3.8, 4) is 0 Å². The van der Waals surface area contributed by atoms with Crippen molar-refractivity contribution in [3.63, 3.8) is 0 Å². The van der Waals surface area contributed by atoms with Gasteiger partial charge >= 0.3 is 5.97 Å². The molecule has 1 aromatic carbocycles. The van der Waals surface area contributed by atoms with Gasteiger partial charge in [0, 0.05) is 6.61 Å². The number of carboxylic acids is 1. The molecule has 0 fully saturated rings. The molecule has 20 heavy (non-hydrogen) atoms. The van der Waals surface area contributed by atoms with E-state index in [2.05, 4.69) is 6.92 Å². The summed E-state index contributed by atoms with van der Waals surface area (Å²) in [5.74, 6) is -1.96. The molecule has 0 amide bonds. The highest BCUT2D eigenvalue weighted by Gasteiger charge is 2.10. The second-order valence-electron chi connectivity index (χ2n) is 4.94. The predicted octanol–water partition coefficient (Wildman–Crippen LogP) is 4.40. The van der Waals surface area contributed by atoms with Gasteiger partial charge in [0.15, 0.2) is 0 Å². The summed E-state index contributed by atoms with van der Waals surface area (Å²) in [5, 5.41) is 8.72. The fourth-order valence-electron chi connectivity index (χ4n) is 2.00. The van der Waals surface area contributed by atoms with E-state index in [1.165, 1.54) is 37.8 Å². The lowest BCUT2D eigenvalue weighted by Crippen LogP contribution is -2.02. The zero-order valence-electron chi connectivity index (χ0n) is 12.0. The van der Waals surface area contributed by atoms with Crippen LogP contribution in [0.4, 0.5) is 4.39 Å². The monoisotopic (exact) mass is 282 g/mol. The zero-order valence-corrected chi connectivity index (χ0v) is 12.0. The van der Waals surface area contributed by atoms with Crippen LogP contribution >= 0.6 is 0 Å². The molecule has 0 saturated carbocycles. The fraction of sp³-hybridized carbons (Fsp3) is 0.562. The lowest BCUT2D eigenvalue weighted by Gasteiger charge is -2.06. The molecule has 0 atom stereocenters. The van der Waals surface area contributed by atoms with Crippen LogP contribution in [0.15, 0.2) is 18.2 Å². The van der Waals surface area contributed by atoms with Crippen molar-refractivity contribution in [2.75, 3.05) is 6.61 Å². The van der Waals surface area contributed by atoms with Gasteiger partial charge in [0.05, 0.1) is 12.2 Å². The van der Waals surface area contributed by atoms with E-state index in [1.54, 1.807) is 6.07 Å². The number of benzene rings is 1. The second-order valence-corrected chi connectivity index (χ2v) is 4.94. The highest BCUT2D eigenvalue weighted by atomic mass is 19.1. The van der Waals surface area contributed by atoms with Crippen molar-refractivity contribution in [2.45, 2.75) is 52.1 Å². The maximum absolute atomic E-state index is 13.4. The van der Waals surface area contributed by atoms with Crippen LogP contribution in [-0.4, -0.2) is 17.7 Å². The Labute approximate surface area is 119 Å². The molecule has 0 spiro atoms. The van der Waals surface area contributed by atoms with Crippen molar-refractivity contribution in [3.05, 3.63) is 35.1 Å². The van der Waals surface area contributed by atoms with Crippen molar-refractivity contribution >= 4 is 5.97 Å². The number of hydrogen-bond acceptors (Lipinski definition) is 2. The molecule has 0 heterocycles. The van der Waals surface area contributed by atoms with E-state index in [0.29, 0.717) is 18.8 Å². The third-order valence-corrected chi connectivity index (χ3v) is 3.17. The minimum absolute atomic E-state index is 0.301. The lowest BCUT2D eigenvalue weighted by atomic mass is 10.1. The van der Waals surface area contributed by atoms with Crippen LogP contribution in [0.2, 0.25) is 0 Å². The van der Waals surface area contributed by atoms with Crippen molar-refractivity contribution < 1.29 is 19.0 Å². The molecule has 0 aliphatic heterocycles. The molecule has 1 N–H and O–H groups in total. The van der Waals surface area contributed by atoms with Crippen LogP contribution in [0.25, 0.3) is 0 Å². The van der Waals surface area contributed by atoms with E-state index in [4.69, 9.17) is 9.84 Å². The van der Waals surface area contributed by atoms with Gasteiger partial charge in [-0.2, -0.15) is 0 Å². The van der Waals surface area contributed by atoms with Crippen LogP contribution in [0, 0.1) is 5.82 Å². The molecule has 0 saturated heterocycles. The van der Waals surface area contributed by atoms with Gasteiger partial charge in [0.2, 0.25) is 0 Å². The molecule has 1 aromatic rings. The number of ether oxygens (including phenoxy) is 1. The Morgan fingerprint density at radius 3 is 2.55 bits per heavy atom. The van der Waals surface area contributed by atoms with E-state index in [9.17, 15) is 9.18 Å². The normalized spacial score (nSPS) is 10.7. The summed E-state index contributed by atoms with van der Waals surface area (Å²) in [4.78, 5) is 10.7. The van der Waals surface area contributed by atoms with Crippen LogP contribution in [0.1, 0.15) is 61.4 Å². The minimum atomic E-state index is -1.25. The van der Waals surface area contributed by atoms with Gasteiger partial charge in [0.25, 0.3) is 0 Å². The Morgan fingerprint density at radius 1 is 1.20 bits per heavy atom. The molecule has 4 heteroatoms. The number of halogens is 1. The topological polar surface area (TPSA) is 46.5 Å². The van der Waals surface area contributed by atoms with Crippen molar-refractivity contribution in [2.24, 2.45) is 0 Å². The first-order valence-electron chi connectivity index (χ1n) is 7.24. The summed E-state index contributed by atoms with van der Waals surface area (Å²) in [6.07, 6.45) is 7.22. The van der Waals surface area contributed by atoms with E-state index in [-0.39, 0.29) is 5.56 Å². The molecule has 0 radical (unpaired) electrons. The van der Waals surface area contributed by atoms with Gasteiger partial charge < -0.3 is 9.84 Å². The number of rotatable bonds is 10. The number of carboxylic acid groups (broad SMARTS) is 1. The summed E-state index contributed by atoms with van der Waals surface area (Å²) >= 11 is 0. The molecule has 0 aromatic heterocycles. The Kier molecular flexibility index (Phi) is 7.88. The number of hydrogen-bond donors (Lipinski definition) is 1. The summed E-state index contributed by atoms with van der Waals surface area (Å²) < 4.78 is 18.9. The molecule has 0 aliphatic rings. The summed E-state index contributed by atoms with van der Waals surface area (Å²) in [5.41, 5.74) is 0.364. The molecular formula is C16H23FO3. The van der Waals surface area contributed by atoms with Crippen LogP contribution in [0.3, 0.4) is 0 Å². The fourth-order valence-corrected chi connectivity index (χ4v) is 2.00. The third kappa shape index (κ3) is 6.15. The Morgan fingerprint density at radius 2 is 1.90 bits per heavy atom. The Hall–Kier alpha value is -1.42. The summed E-state index contributed by atoms with van der Waals surface area (Å²) in [6, 6.07) is 4.10. The molecule has 0 unspecified atom stereocenters. The molecule has 1 rings (SSSR count). The molecular weight excluding hydrogens is 259 g/mol. The highest BCUT2D eigenvalue weighted by molar-refractivity contribution is 5.87. The molecule has 0 aliphatic carbocycles. The van der Waals surface area contributed by atoms with E-state index >= 15 is 0 Å². The van der Waals surface area contributed by atoms with Gasteiger partial charge in [0.1, 0.15) is 5.82 Å². The average molecular weight is 282 g/mol. The van der Waals surface area contributed by atoms with Crippen LogP contribution < -0.4 is 0 Å².